The first kappa shape index (κ1) is 19.2. The number of carbonyl (C=O) groups excluding carboxylic acids is 1. The highest BCUT2D eigenvalue weighted by molar-refractivity contribution is 7.71. The Morgan fingerprint density at radius 2 is 2.07 bits per heavy atom. The molecule has 0 aliphatic carbocycles. The van der Waals surface area contributed by atoms with E-state index in [1.807, 2.05) is 0 Å². The lowest BCUT2D eigenvalue weighted by Gasteiger charge is -2.14. The van der Waals surface area contributed by atoms with E-state index >= 15 is 0 Å². The molecule has 0 saturated carbocycles. The van der Waals surface area contributed by atoms with Gasteiger partial charge in [0.05, 0.1) is 19.1 Å². The van der Waals surface area contributed by atoms with E-state index in [9.17, 15) is 18.0 Å². The number of ether oxygens (including phenoxy) is 1. The van der Waals surface area contributed by atoms with Gasteiger partial charge in [0, 0.05) is 43.1 Å². The summed E-state index contributed by atoms with van der Waals surface area (Å²) in [6.45, 7) is 1.37. The second kappa shape index (κ2) is 7.36. The van der Waals surface area contributed by atoms with E-state index in [4.69, 9.17) is 17.0 Å². The number of amides is 1. The summed E-state index contributed by atoms with van der Waals surface area (Å²) < 4.78 is 51.3. The number of nitrogens with one attached hydrogen (secondary N) is 1. The number of hydrogen-bond acceptors (Lipinski definition) is 3. The van der Waals surface area contributed by atoms with Gasteiger partial charge in [0.1, 0.15) is 5.82 Å². The van der Waals surface area contributed by atoms with Crippen molar-refractivity contribution in [1.82, 2.24) is 14.5 Å². The SMILES string of the molecule is Cn1c(CC(=O)N[C@@H]2CCOC2)c2n(c1=S)C[C@@H](c1c(F)ccc(F)c1F)C2. The molecule has 1 fully saturated rings. The summed E-state index contributed by atoms with van der Waals surface area (Å²) in [5.41, 5.74) is 1.21. The van der Waals surface area contributed by atoms with Crippen LogP contribution >= 0.6 is 12.2 Å². The topological polar surface area (TPSA) is 48.2 Å². The predicted molar refractivity (Wildman–Crippen MR) is 98.1 cm³/mol. The third-order valence-corrected chi connectivity index (χ3v) is 6.03. The lowest BCUT2D eigenvalue weighted by molar-refractivity contribution is -0.121. The van der Waals surface area contributed by atoms with Crippen LogP contribution in [0.2, 0.25) is 0 Å². The van der Waals surface area contributed by atoms with E-state index in [2.05, 4.69) is 5.32 Å². The third-order valence-electron chi connectivity index (χ3n) is 5.53. The molecule has 1 aromatic carbocycles. The lowest BCUT2D eigenvalue weighted by Crippen LogP contribution is -2.36. The highest BCUT2D eigenvalue weighted by Gasteiger charge is 2.33. The molecular weight excluding hydrogens is 391 g/mol. The van der Waals surface area contributed by atoms with Crippen LogP contribution in [0.5, 0.6) is 0 Å². The van der Waals surface area contributed by atoms with Crippen molar-refractivity contribution in [2.24, 2.45) is 7.05 Å². The number of fused-ring (bicyclic) bond motifs is 1. The molecule has 1 amide bonds. The van der Waals surface area contributed by atoms with Crippen LogP contribution in [0.3, 0.4) is 0 Å². The Morgan fingerprint density at radius 1 is 1.32 bits per heavy atom. The Balaban J connectivity index is 1.60. The van der Waals surface area contributed by atoms with Crippen LogP contribution in [0, 0.1) is 22.2 Å². The summed E-state index contributed by atoms with van der Waals surface area (Å²) in [7, 11) is 1.77. The number of rotatable bonds is 4. The van der Waals surface area contributed by atoms with Gasteiger partial charge in [-0.1, -0.05) is 0 Å². The highest BCUT2D eigenvalue weighted by atomic mass is 32.1. The number of carbonyl (C=O) groups is 1. The first-order chi connectivity index (χ1) is 13.4. The van der Waals surface area contributed by atoms with Gasteiger partial charge in [-0.05, 0) is 37.2 Å². The smallest absolute Gasteiger partial charge is 0.226 e. The molecule has 2 aliphatic heterocycles. The number of hydrogen-bond donors (Lipinski definition) is 1. The van der Waals surface area contributed by atoms with Gasteiger partial charge in [0.25, 0.3) is 0 Å². The third kappa shape index (κ3) is 3.26. The summed E-state index contributed by atoms with van der Waals surface area (Å²) in [6, 6.07) is 1.72. The first-order valence-electron chi connectivity index (χ1n) is 9.14. The second-order valence-electron chi connectivity index (χ2n) is 7.31. The fourth-order valence-electron chi connectivity index (χ4n) is 4.11. The molecule has 0 spiro atoms. The Bertz CT molecular complexity index is 995. The Hall–Kier alpha value is -2.13. The maximum atomic E-state index is 14.2. The molecule has 28 heavy (non-hydrogen) atoms. The Morgan fingerprint density at radius 3 is 2.79 bits per heavy atom. The van der Waals surface area contributed by atoms with Crippen LogP contribution < -0.4 is 5.32 Å². The van der Waals surface area contributed by atoms with Crippen molar-refractivity contribution < 1.29 is 22.7 Å². The molecule has 0 unspecified atom stereocenters. The number of halogens is 3. The molecule has 0 radical (unpaired) electrons. The van der Waals surface area contributed by atoms with E-state index in [0.29, 0.717) is 23.7 Å². The fourth-order valence-corrected chi connectivity index (χ4v) is 4.40. The number of benzene rings is 1. The molecule has 4 rings (SSSR count). The van der Waals surface area contributed by atoms with Crippen molar-refractivity contribution in [3.8, 4) is 0 Å². The van der Waals surface area contributed by atoms with Crippen LogP contribution in [0.15, 0.2) is 12.1 Å². The van der Waals surface area contributed by atoms with E-state index < -0.39 is 23.4 Å². The van der Waals surface area contributed by atoms with Crippen LogP contribution in [-0.2, 0) is 36.0 Å². The average molecular weight is 411 g/mol. The van der Waals surface area contributed by atoms with Crippen molar-refractivity contribution in [1.29, 1.82) is 0 Å². The maximum absolute atomic E-state index is 14.2. The van der Waals surface area contributed by atoms with Crippen LogP contribution in [0.25, 0.3) is 0 Å². The summed E-state index contributed by atoms with van der Waals surface area (Å²) in [4.78, 5) is 12.4. The van der Waals surface area contributed by atoms with E-state index in [-0.39, 0.29) is 36.9 Å². The molecule has 3 heterocycles. The molecule has 1 aromatic heterocycles. The van der Waals surface area contributed by atoms with Gasteiger partial charge in [-0.2, -0.15) is 0 Å². The normalized spacial score (nSPS) is 21.1. The standard InChI is InChI=1S/C19H20F3N3O2S/c1-24-14(7-16(26)23-11-4-5-27-9-11)15-6-10(8-25(15)19(24)28)17-12(20)2-3-13(21)18(17)22/h2-3,10-11H,4-9H2,1H3,(H,23,26)/t10-,11+/m0/s1. The largest absolute Gasteiger partial charge is 0.379 e. The minimum Gasteiger partial charge on any atom is -0.379 e. The van der Waals surface area contributed by atoms with Gasteiger partial charge in [-0.15, -0.1) is 0 Å². The number of nitrogens with zero attached hydrogens (tertiary/aromatic N) is 2. The van der Waals surface area contributed by atoms with Crippen molar-refractivity contribution in [2.75, 3.05) is 13.2 Å². The van der Waals surface area contributed by atoms with E-state index in [1.165, 1.54) is 0 Å². The number of imidazole rings is 1. The van der Waals surface area contributed by atoms with Gasteiger partial charge < -0.3 is 19.2 Å². The zero-order valence-corrected chi connectivity index (χ0v) is 16.1. The summed E-state index contributed by atoms with van der Waals surface area (Å²) >= 11 is 5.44. The average Bonchev–Trinajstić information content (AvgIpc) is 3.35. The molecule has 2 atom stereocenters. The van der Waals surface area contributed by atoms with Gasteiger partial charge >= 0.3 is 0 Å². The van der Waals surface area contributed by atoms with Gasteiger partial charge in [0.2, 0.25) is 5.91 Å². The molecule has 150 valence electrons. The molecule has 2 aromatic rings. The summed E-state index contributed by atoms with van der Waals surface area (Å²) in [5, 5.41) is 2.93. The zero-order chi connectivity index (χ0) is 20.0. The maximum Gasteiger partial charge on any atom is 0.226 e. The molecule has 2 aliphatic rings. The van der Waals surface area contributed by atoms with Crippen molar-refractivity contribution in [2.45, 2.75) is 37.8 Å². The molecule has 9 heteroatoms. The van der Waals surface area contributed by atoms with E-state index in [0.717, 1.165) is 24.2 Å². The predicted octanol–water partition coefficient (Wildman–Crippen LogP) is 2.76. The minimum atomic E-state index is -1.16. The number of aromatic nitrogens is 2. The summed E-state index contributed by atoms with van der Waals surface area (Å²) in [5.74, 6) is -3.73. The van der Waals surface area contributed by atoms with Crippen LogP contribution in [-0.4, -0.2) is 34.3 Å². The molecule has 1 saturated heterocycles. The van der Waals surface area contributed by atoms with Crippen LogP contribution in [0.1, 0.15) is 29.3 Å². The monoisotopic (exact) mass is 411 g/mol. The Labute approximate surface area is 165 Å². The van der Waals surface area contributed by atoms with Crippen LogP contribution in [0.4, 0.5) is 13.2 Å². The fraction of sp³-hybridized carbons (Fsp3) is 0.474. The first-order valence-corrected chi connectivity index (χ1v) is 9.55. The van der Waals surface area contributed by atoms with Gasteiger partial charge in [0.15, 0.2) is 16.4 Å². The minimum absolute atomic E-state index is 0.000300. The van der Waals surface area contributed by atoms with Crippen molar-refractivity contribution >= 4 is 18.1 Å². The lowest BCUT2D eigenvalue weighted by atomic mass is 9.95. The molecule has 5 nitrogen and oxygen atoms in total. The van der Waals surface area contributed by atoms with Gasteiger partial charge in [-0.3, -0.25) is 4.79 Å². The van der Waals surface area contributed by atoms with Gasteiger partial charge in [-0.25, -0.2) is 13.2 Å². The van der Waals surface area contributed by atoms with Crippen molar-refractivity contribution in [3.05, 3.63) is 51.3 Å². The van der Waals surface area contributed by atoms with E-state index in [1.54, 1.807) is 16.2 Å². The van der Waals surface area contributed by atoms with Crippen molar-refractivity contribution in [3.63, 3.8) is 0 Å². The zero-order valence-electron chi connectivity index (χ0n) is 15.3. The molecule has 0 bridgehead atoms. The Kier molecular flexibility index (Phi) is 5.05. The summed E-state index contributed by atoms with van der Waals surface area (Å²) in [6.07, 6.45) is 1.18. The molecular formula is C19H20F3N3O2S. The highest BCUT2D eigenvalue weighted by Crippen LogP contribution is 2.36. The second-order valence-corrected chi connectivity index (χ2v) is 7.67. The molecule has 1 N–H and O–H groups in total. The quantitative estimate of drug-likeness (QED) is 0.622.